The predicted molar refractivity (Wildman–Crippen MR) is 84.2 cm³/mol. The summed E-state index contributed by atoms with van der Waals surface area (Å²) in [6, 6.07) is 3.96. The molecular formula is C16H19N3OS. The first kappa shape index (κ1) is 14.2. The van der Waals surface area contributed by atoms with Crippen LogP contribution in [0.15, 0.2) is 24.5 Å². The Labute approximate surface area is 128 Å². The second-order valence-corrected chi connectivity index (χ2v) is 6.44. The van der Waals surface area contributed by atoms with Gasteiger partial charge in [0.05, 0.1) is 5.69 Å². The van der Waals surface area contributed by atoms with Crippen LogP contribution in [0.25, 0.3) is 10.6 Å². The number of fused-ring (bicyclic) bond motifs is 1. The van der Waals surface area contributed by atoms with Gasteiger partial charge in [0.2, 0.25) is 5.91 Å². The molecule has 0 bridgehead atoms. The third-order valence-corrected chi connectivity index (χ3v) is 4.96. The summed E-state index contributed by atoms with van der Waals surface area (Å²) in [5.41, 5.74) is 2.28. The Balaban J connectivity index is 1.75. The van der Waals surface area contributed by atoms with E-state index in [0.29, 0.717) is 0 Å². The maximum absolute atomic E-state index is 12.1. The van der Waals surface area contributed by atoms with Crippen molar-refractivity contribution in [2.45, 2.75) is 32.6 Å². The number of hydrogen-bond acceptors (Lipinski definition) is 4. The molecule has 1 unspecified atom stereocenters. The van der Waals surface area contributed by atoms with Crippen LogP contribution in [0.2, 0.25) is 0 Å². The fourth-order valence-corrected chi connectivity index (χ4v) is 3.80. The zero-order valence-electron chi connectivity index (χ0n) is 12.1. The molecule has 1 atom stereocenters. The molecule has 1 aliphatic carbocycles. The molecule has 3 rings (SSSR count). The maximum atomic E-state index is 12.1. The summed E-state index contributed by atoms with van der Waals surface area (Å²) in [6.45, 7) is 2.84. The average molecular weight is 301 g/mol. The highest BCUT2D eigenvalue weighted by atomic mass is 32.1. The van der Waals surface area contributed by atoms with Gasteiger partial charge in [-0.2, -0.15) is 0 Å². The van der Waals surface area contributed by atoms with Crippen LogP contribution in [-0.4, -0.2) is 22.4 Å². The quantitative estimate of drug-likeness (QED) is 0.944. The van der Waals surface area contributed by atoms with Gasteiger partial charge in [-0.3, -0.25) is 9.78 Å². The van der Waals surface area contributed by atoms with Crippen LogP contribution in [0.3, 0.4) is 0 Å². The van der Waals surface area contributed by atoms with Crippen molar-refractivity contribution in [1.82, 2.24) is 15.3 Å². The molecule has 0 spiro atoms. The van der Waals surface area contributed by atoms with Crippen molar-refractivity contribution in [2.75, 3.05) is 6.54 Å². The molecule has 0 aliphatic heterocycles. The zero-order valence-corrected chi connectivity index (χ0v) is 12.9. The summed E-state index contributed by atoms with van der Waals surface area (Å²) in [6.07, 6.45) is 7.20. The van der Waals surface area contributed by atoms with Gasteiger partial charge in [0, 0.05) is 35.3 Å². The van der Waals surface area contributed by atoms with Crippen LogP contribution >= 0.6 is 11.3 Å². The highest BCUT2D eigenvalue weighted by molar-refractivity contribution is 7.15. The lowest BCUT2D eigenvalue weighted by Gasteiger charge is -2.20. The second-order valence-electron chi connectivity index (χ2n) is 5.36. The summed E-state index contributed by atoms with van der Waals surface area (Å²) in [5.74, 6) is 0.302. The summed E-state index contributed by atoms with van der Waals surface area (Å²) >= 11 is 1.71. The third-order valence-electron chi connectivity index (χ3n) is 3.79. The number of nitrogens with one attached hydrogen (secondary N) is 1. The normalized spacial score (nSPS) is 17.3. The van der Waals surface area contributed by atoms with Gasteiger partial charge in [0.25, 0.3) is 0 Å². The molecule has 0 fully saturated rings. The molecule has 1 aliphatic rings. The predicted octanol–water partition coefficient (Wildman–Crippen LogP) is 2.84. The number of rotatable bonds is 4. The Morgan fingerprint density at radius 1 is 1.43 bits per heavy atom. The van der Waals surface area contributed by atoms with Gasteiger partial charge in [0.15, 0.2) is 0 Å². The van der Waals surface area contributed by atoms with Crippen LogP contribution in [0.4, 0.5) is 0 Å². The fourth-order valence-electron chi connectivity index (χ4n) is 2.61. The highest BCUT2D eigenvalue weighted by Gasteiger charge is 2.27. The van der Waals surface area contributed by atoms with E-state index in [2.05, 4.69) is 17.2 Å². The second kappa shape index (κ2) is 6.35. The summed E-state index contributed by atoms with van der Waals surface area (Å²) in [4.78, 5) is 22.2. The van der Waals surface area contributed by atoms with Gasteiger partial charge in [-0.1, -0.05) is 6.92 Å². The van der Waals surface area contributed by atoms with Crippen LogP contribution < -0.4 is 5.32 Å². The van der Waals surface area contributed by atoms with E-state index in [1.165, 1.54) is 10.6 Å². The van der Waals surface area contributed by atoms with Crippen molar-refractivity contribution in [3.05, 3.63) is 35.1 Å². The van der Waals surface area contributed by atoms with E-state index in [-0.39, 0.29) is 11.8 Å². The minimum Gasteiger partial charge on any atom is -0.356 e. The number of aryl methyl sites for hydroxylation is 1. The monoisotopic (exact) mass is 301 g/mol. The van der Waals surface area contributed by atoms with Gasteiger partial charge in [-0.25, -0.2) is 4.98 Å². The maximum Gasteiger partial charge on any atom is 0.223 e. The number of aromatic nitrogens is 2. The van der Waals surface area contributed by atoms with Crippen LogP contribution in [-0.2, 0) is 17.6 Å². The number of nitrogens with zero attached hydrogens (tertiary/aromatic N) is 2. The van der Waals surface area contributed by atoms with Crippen molar-refractivity contribution < 1.29 is 4.79 Å². The zero-order chi connectivity index (χ0) is 14.7. The Kier molecular flexibility index (Phi) is 4.29. The number of carbonyl (C=O) groups excluding carboxylic acids is 1. The molecular weight excluding hydrogens is 282 g/mol. The highest BCUT2D eigenvalue weighted by Crippen LogP contribution is 2.34. The summed E-state index contributed by atoms with van der Waals surface area (Å²) in [5, 5.41) is 4.05. The topological polar surface area (TPSA) is 54.9 Å². The van der Waals surface area contributed by atoms with Crippen molar-refractivity contribution in [3.8, 4) is 10.6 Å². The van der Waals surface area contributed by atoms with Crippen molar-refractivity contribution in [3.63, 3.8) is 0 Å². The smallest absolute Gasteiger partial charge is 0.223 e. The largest absolute Gasteiger partial charge is 0.356 e. The van der Waals surface area contributed by atoms with E-state index < -0.39 is 0 Å². The molecule has 1 amide bonds. The van der Waals surface area contributed by atoms with E-state index >= 15 is 0 Å². The number of carbonyl (C=O) groups is 1. The summed E-state index contributed by atoms with van der Waals surface area (Å²) < 4.78 is 0. The molecule has 2 aromatic heterocycles. The number of pyridine rings is 1. The Hall–Kier alpha value is -1.75. The van der Waals surface area contributed by atoms with E-state index in [1.807, 2.05) is 12.1 Å². The van der Waals surface area contributed by atoms with E-state index in [1.54, 1.807) is 23.7 Å². The molecule has 21 heavy (non-hydrogen) atoms. The lowest BCUT2D eigenvalue weighted by atomic mass is 9.90. The molecule has 0 saturated carbocycles. The molecule has 0 radical (unpaired) electrons. The molecule has 4 nitrogen and oxygen atoms in total. The minimum atomic E-state index is 0.106. The van der Waals surface area contributed by atoms with Gasteiger partial charge in [0.1, 0.15) is 5.01 Å². The fraction of sp³-hybridized carbons (Fsp3) is 0.438. The van der Waals surface area contributed by atoms with Crippen molar-refractivity contribution in [2.24, 2.45) is 5.92 Å². The first-order valence-electron chi connectivity index (χ1n) is 7.44. The first-order valence-corrected chi connectivity index (χ1v) is 8.26. The molecule has 5 heteroatoms. The number of thiazole rings is 1. The molecule has 1 N–H and O–H groups in total. The van der Waals surface area contributed by atoms with E-state index in [0.717, 1.165) is 42.8 Å². The molecule has 0 aromatic carbocycles. The van der Waals surface area contributed by atoms with Crippen LogP contribution in [0, 0.1) is 5.92 Å². The van der Waals surface area contributed by atoms with Gasteiger partial charge >= 0.3 is 0 Å². The first-order chi connectivity index (χ1) is 10.3. The standard InChI is InChI=1S/C16H19N3OS/c1-2-7-18-15(20)12-3-4-13-14(10-12)21-16(19-13)11-5-8-17-9-6-11/h5-6,8-9,12H,2-4,7,10H2,1H3,(H,18,20). The number of hydrogen-bond donors (Lipinski definition) is 1. The van der Waals surface area contributed by atoms with Gasteiger partial charge in [-0.05, 0) is 37.8 Å². The van der Waals surface area contributed by atoms with Crippen molar-refractivity contribution >= 4 is 17.2 Å². The third kappa shape index (κ3) is 3.13. The Morgan fingerprint density at radius 2 is 2.24 bits per heavy atom. The Morgan fingerprint density at radius 3 is 3.00 bits per heavy atom. The van der Waals surface area contributed by atoms with Crippen LogP contribution in [0.5, 0.6) is 0 Å². The van der Waals surface area contributed by atoms with Crippen molar-refractivity contribution in [1.29, 1.82) is 0 Å². The van der Waals surface area contributed by atoms with Gasteiger partial charge in [-0.15, -0.1) is 11.3 Å². The molecule has 0 saturated heterocycles. The SMILES string of the molecule is CCCNC(=O)C1CCc2nc(-c3ccncc3)sc2C1. The van der Waals surface area contributed by atoms with Gasteiger partial charge < -0.3 is 5.32 Å². The van der Waals surface area contributed by atoms with Crippen LogP contribution in [0.1, 0.15) is 30.3 Å². The molecule has 2 aromatic rings. The average Bonchev–Trinajstić information content (AvgIpc) is 2.96. The molecule has 2 heterocycles. The minimum absolute atomic E-state index is 0.106. The molecule has 110 valence electrons. The number of amides is 1. The van der Waals surface area contributed by atoms with E-state index in [4.69, 9.17) is 4.98 Å². The summed E-state index contributed by atoms with van der Waals surface area (Å²) in [7, 11) is 0. The lowest BCUT2D eigenvalue weighted by molar-refractivity contribution is -0.125. The van der Waals surface area contributed by atoms with E-state index in [9.17, 15) is 4.79 Å². The Bertz CT molecular complexity index is 624. The lowest BCUT2D eigenvalue weighted by Crippen LogP contribution is -2.34.